The van der Waals surface area contributed by atoms with E-state index in [0.29, 0.717) is 36.2 Å². The highest BCUT2D eigenvalue weighted by Crippen LogP contribution is 2.35. The Morgan fingerprint density at radius 1 is 1.29 bits per heavy atom. The van der Waals surface area contributed by atoms with E-state index in [1.54, 1.807) is 19.9 Å². The molecule has 0 saturated heterocycles. The first kappa shape index (κ1) is 18.0. The maximum absolute atomic E-state index is 12.7. The summed E-state index contributed by atoms with van der Waals surface area (Å²) in [4.78, 5) is 12.7. The van der Waals surface area contributed by atoms with E-state index < -0.39 is 5.54 Å². The van der Waals surface area contributed by atoms with Crippen molar-refractivity contribution in [2.24, 2.45) is 5.92 Å². The third-order valence-electron chi connectivity index (χ3n) is 3.62. The summed E-state index contributed by atoms with van der Waals surface area (Å²) in [7, 11) is 0. The number of terminal acetylenes is 1. The van der Waals surface area contributed by atoms with Crippen LogP contribution in [-0.2, 0) is 0 Å². The van der Waals surface area contributed by atoms with E-state index in [1.807, 2.05) is 6.07 Å². The van der Waals surface area contributed by atoms with E-state index in [4.69, 9.17) is 15.9 Å². The number of benzene rings is 1. The first-order valence-electron chi connectivity index (χ1n) is 8.30. The molecule has 0 bridgehead atoms. The maximum Gasteiger partial charge on any atom is 0.254 e. The normalized spacial score (nSPS) is 13.8. The fourth-order valence-corrected chi connectivity index (χ4v) is 2.24. The predicted octanol–water partition coefficient (Wildman–Crippen LogP) is 3.06. The Kier molecular flexibility index (Phi) is 5.61. The van der Waals surface area contributed by atoms with Crippen molar-refractivity contribution >= 4 is 11.6 Å². The van der Waals surface area contributed by atoms with Gasteiger partial charge >= 0.3 is 0 Å². The molecule has 0 saturated carbocycles. The molecule has 0 unspecified atom stereocenters. The molecule has 0 fully saturated rings. The van der Waals surface area contributed by atoms with Gasteiger partial charge in [-0.2, -0.15) is 0 Å². The Morgan fingerprint density at radius 3 is 2.50 bits per heavy atom. The summed E-state index contributed by atoms with van der Waals surface area (Å²) in [5.74, 6) is 4.03. The summed E-state index contributed by atoms with van der Waals surface area (Å²) in [5, 5.41) is 6.18. The fraction of sp³-hybridized carbons (Fsp3) is 0.526. The van der Waals surface area contributed by atoms with Crippen LogP contribution >= 0.6 is 0 Å². The second-order valence-electron chi connectivity index (χ2n) is 6.89. The van der Waals surface area contributed by atoms with E-state index in [2.05, 4.69) is 30.4 Å². The van der Waals surface area contributed by atoms with Gasteiger partial charge < -0.3 is 20.1 Å². The van der Waals surface area contributed by atoms with E-state index in [-0.39, 0.29) is 5.91 Å². The Morgan fingerprint density at radius 2 is 1.92 bits per heavy atom. The smallest absolute Gasteiger partial charge is 0.254 e. The van der Waals surface area contributed by atoms with Gasteiger partial charge in [-0.05, 0) is 25.8 Å². The number of rotatable bonds is 5. The molecule has 24 heavy (non-hydrogen) atoms. The molecule has 0 atom stereocenters. The lowest BCUT2D eigenvalue weighted by atomic mass is 10.0. The Hall–Kier alpha value is -2.35. The van der Waals surface area contributed by atoms with Gasteiger partial charge in [0.15, 0.2) is 11.5 Å². The molecule has 1 aromatic carbocycles. The van der Waals surface area contributed by atoms with Gasteiger partial charge in [0.2, 0.25) is 0 Å². The summed E-state index contributed by atoms with van der Waals surface area (Å²) >= 11 is 0. The summed E-state index contributed by atoms with van der Waals surface area (Å²) in [5.41, 5.74) is 0.498. The van der Waals surface area contributed by atoms with Gasteiger partial charge in [0.05, 0.1) is 30.0 Å². The van der Waals surface area contributed by atoms with Gasteiger partial charge in [-0.1, -0.05) is 19.8 Å². The summed E-state index contributed by atoms with van der Waals surface area (Å²) in [6.45, 7) is 9.71. The van der Waals surface area contributed by atoms with Crippen molar-refractivity contribution in [1.82, 2.24) is 5.32 Å². The van der Waals surface area contributed by atoms with Crippen LogP contribution in [0.4, 0.5) is 5.69 Å². The number of carbonyl (C=O) groups is 1. The predicted molar refractivity (Wildman–Crippen MR) is 95.8 cm³/mol. The monoisotopic (exact) mass is 330 g/mol. The van der Waals surface area contributed by atoms with Crippen molar-refractivity contribution in [3.05, 3.63) is 17.7 Å². The van der Waals surface area contributed by atoms with Gasteiger partial charge in [0.1, 0.15) is 0 Å². The molecule has 5 heteroatoms. The zero-order valence-corrected chi connectivity index (χ0v) is 14.9. The highest BCUT2D eigenvalue weighted by Gasteiger charge is 2.23. The van der Waals surface area contributed by atoms with Crippen molar-refractivity contribution in [3.8, 4) is 23.8 Å². The third-order valence-corrected chi connectivity index (χ3v) is 3.62. The molecular formula is C19H26N2O3. The van der Waals surface area contributed by atoms with Gasteiger partial charge in [0, 0.05) is 19.0 Å². The molecule has 1 heterocycles. The number of anilines is 1. The Labute approximate surface area is 144 Å². The minimum atomic E-state index is -0.726. The molecule has 5 nitrogen and oxygen atoms in total. The highest BCUT2D eigenvalue weighted by atomic mass is 16.5. The van der Waals surface area contributed by atoms with E-state index in [0.717, 1.165) is 18.7 Å². The van der Waals surface area contributed by atoms with Gasteiger partial charge in [-0.15, -0.1) is 6.42 Å². The number of amides is 1. The number of hydrogen-bond acceptors (Lipinski definition) is 4. The van der Waals surface area contributed by atoms with Crippen molar-refractivity contribution in [3.63, 3.8) is 0 Å². The molecule has 1 aromatic rings. The number of ether oxygens (including phenoxy) is 2. The largest absolute Gasteiger partial charge is 0.490 e. The average Bonchev–Trinajstić information content (AvgIpc) is 2.76. The first-order valence-corrected chi connectivity index (χ1v) is 8.30. The van der Waals surface area contributed by atoms with Crippen molar-refractivity contribution < 1.29 is 14.3 Å². The second-order valence-corrected chi connectivity index (χ2v) is 6.89. The van der Waals surface area contributed by atoms with E-state index >= 15 is 0 Å². The van der Waals surface area contributed by atoms with Crippen LogP contribution in [-0.4, -0.2) is 31.2 Å². The number of hydrogen-bond donors (Lipinski definition) is 2. The van der Waals surface area contributed by atoms with Crippen LogP contribution in [0, 0.1) is 18.3 Å². The van der Waals surface area contributed by atoms with Crippen molar-refractivity contribution in [2.75, 3.05) is 25.1 Å². The molecule has 1 aliphatic rings. The SMILES string of the molecule is C#CC(C)(C)NC(=O)c1cc2c(cc1NCC(C)C)OCCCO2. The molecule has 0 aliphatic carbocycles. The molecule has 0 radical (unpaired) electrons. The lowest BCUT2D eigenvalue weighted by molar-refractivity contribution is 0.0930. The average molecular weight is 330 g/mol. The van der Waals surface area contributed by atoms with Crippen LogP contribution in [0.3, 0.4) is 0 Å². The van der Waals surface area contributed by atoms with Gasteiger partial charge in [0.25, 0.3) is 5.91 Å². The minimum Gasteiger partial charge on any atom is -0.490 e. The summed E-state index contributed by atoms with van der Waals surface area (Å²) < 4.78 is 11.4. The quantitative estimate of drug-likeness (QED) is 0.815. The van der Waals surface area contributed by atoms with E-state index in [9.17, 15) is 4.79 Å². The van der Waals surface area contributed by atoms with Gasteiger partial charge in [-0.25, -0.2) is 0 Å². The van der Waals surface area contributed by atoms with Crippen LogP contribution in [0.15, 0.2) is 12.1 Å². The van der Waals surface area contributed by atoms with Crippen molar-refractivity contribution in [1.29, 1.82) is 0 Å². The molecule has 1 aliphatic heterocycles. The third kappa shape index (κ3) is 4.58. The topological polar surface area (TPSA) is 59.6 Å². The first-order chi connectivity index (χ1) is 11.3. The van der Waals surface area contributed by atoms with Crippen LogP contribution < -0.4 is 20.1 Å². The van der Waals surface area contributed by atoms with Crippen LogP contribution in [0.1, 0.15) is 44.5 Å². The Balaban J connectivity index is 2.37. The zero-order valence-electron chi connectivity index (χ0n) is 14.9. The molecule has 0 spiro atoms. The maximum atomic E-state index is 12.7. The minimum absolute atomic E-state index is 0.236. The second kappa shape index (κ2) is 7.48. The lowest BCUT2D eigenvalue weighted by Crippen LogP contribution is -2.42. The molecule has 0 aromatic heterocycles. The fourth-order valence-electron chi connectivity index (χ4n) is 2.24. The van der Waals surface area contributed by atoms with Crippen LogP contribution in [0.25, 0.3) is 0 Å². The highest BCUT2D eigenvalue weighted by molar-refractivity contribution is 6.01. The Bertz CT molecular complexity index is 645. The number of fused-ring (bicyclic) bond motifs is 1. The van der Waals surface area contributed by atoms with Crippen LogP contribution in [0.2, 0.25) is 0 Å². The van der Waals surface area contributed by atoms with E-state index in [1.165, 1.54) is 0 Å². The zero-order chi connectivity index (χ0) is 17.7. The lowest BCUT2D eigenvalue weighted by Gasteiger charge is -2.22. The van der Waals surface area contributed by atoms with Crippen LogP contribution in [0.5, 0.6) is 11.5 Å². The van der Waals surface area contributed by atoms with Crippen molar-refractivity contribution in [2.45, 2.75) is 39.7 Å². The molecule has 2 rings (SSSR count). The van der Waals surface area contributed by atoms with Gasteiger partial charge in [-0.3, -0.25) is 4.79 Å². The molecule has 1 amide bonds. The molecular weight excluding hydrogens is 304 g/mol. The standard InChI is InChI=1S/C19H26N2O3/c1-6-19(4,5)21-18(22)14-10-16-17(24-9-7-8-23-16)11-15(14)20-12-13(2)3/h1,10-11,13,20H,7-9,12H2,2-5H3,(H,21,22). The molecule has 130 valence electrons. The number of carbonyl (C=O) groups excluding carboxylic acids is 1. The molecule has 2 N–H and O–H groups in total. The number of nitrogens with one attached hydrogen (secondary N) is 2. The summed E-state index contributed by atoms with van der Waals surface area (Å²) in [6, 6.07) is 3.56. The summed E-state index contributed by atoms with van der Waals surface area (Å²) in [6.07, 6.45) is 6.29.